The lowest BCUT2D eigenvalue weighted by Gasteiger charge is -2.24. The van der Waals surface area contributed by atoms with Crippen LogP contribution in [0.4, 0.5) is 10.5 Å². The molecular weight excluding hydrogens is 430 g/mol. The molecule has 164 valence electrons. The van der Waals surface area contributed by atoms with Crippen LogP contribution in [0.25, 0.3) is 0 Å². The Labute approximate surface area is 188 Å². The van der Waals surface area contributed by atoms with Crippen LogP contribution in [0.5, 0.6) is 11.5 Å². The molecule has 0 radical (unpaired) electrons. The molecule has 1 aromatic heterocycles. The molecule has 9 nitrogen and oxygen atoms in total. The van der Waals surface area contributed by atoms with Gasteiger partial charge in [-0.3, -0.25) is 9.59 Å². The number of imidazole rings is 1. The minimum atomic E-state index is -0.340. The van der Waals surface area contributed by atoms with Gasteiger partial charge in [-0.15, -0.1) is 0 Å². The topological polar surface area (TPSA) is 109 Å². The third kappa shape index (κ3) is 4.59. The van der Waals surface area contributed by atoms with Crippen molar-refractivity contribution < 1.29 is 19.1 Å². The number of hydrogen-bond donors (Lipinski definition) is 2. The summed E-state index contributed by atoms with van der Waals surface area (Å²) in [6.45, 7) is 0.208. The first kappa shape index (κ1) is 21.4. The number of anilines is 1. The molecule has 3 aromatic rings. The van der Waals surface area contributed by atoms with Crippen molar-refractivity contribution in [3.8, 4) is 11.5 Å². The standard InChI is InChI=1S/C22H21N5O4S/c1-30-19-8-7-14(9-20(19)31-2)18-12-32-22(29)27(26-18)11-15-5-3-4-6-16(15)25-21(28)17-10-23-13-24-17/h3-10,13H,11-12H2,1-2H3,(H,23,24)(H,25,28). The van der Waals surface area contributed by atoms with Gasteiger partial charge in [-0.2, -0.15) is 5.10 Å². The number of rotatable bonds is 7. The lowest BCUT2D eigenvalue weighted by atomic mass is 10.1. The highest BCUT2D eigenvalue weighted by Gasteiger charge is 2.24. The molecule has 1 aliphatic rings. The summed E-state index contributed by atoms with van der Waals surface area (Å²) in [7, 11) is 3.15. The van der Waals surface area contributed by atoms with Crippen LogP contribution in [0.2, 0.25) is 0 Å². The smallest absolute Gasteiger partial charge is 0.302 e. The van der Waals surface area contributed by atoms with Crippen molar-refractivity contribution >= 4 is 34.3 Å². The van der Waals surface area contributed by atoms with Gasteiger partial charge < -0.3 is 19.8 Å². The van der Waals surface area contributed by atoms with E-state index in [9.17, 15) is 9.59 Å². The highest BCUT2D eigenvalue weighted by atomic mass is 32.2. The zero-order chi connectivity index (χ0) is 22.5. The van der Waals surface area contributed by atoms with E-state index >= 15 is 0 Å². The number of thioether (sulfide) groups is 1. The van der Waals surface area contributed by atoms with Gasteiger partial charge in [0.25, 0.3) is 5.91 Å². The number of nitrogens with zero attached hydrogens (tertiary/aromatic N) is 3. The van der Waals surface area contributed by atoms with Gasteiger partial charge in [-0.25, -0.2) is 9.99 Å². The third-order valence-electron chi connectivity index (χ3n) is 4.82. The molecule has 0 fully saturated rings. The van der Waals surface area contributed by atoms with Gasteiger partial charge in [-0.05, 0) is 29.8 Å². The van der Waals surface area contributed by atoms with Gasteiger partial charge in [0, 0.05) is 23.2 Å². The highest BCUT2D eigenvalue weighted by molar-refractivity contribution is 8.14. The maximum atomic E-state index is 12.6. The number of carbonyl (C=O) groups excluding carboxylic acids is 2. The Morgan fingerprint density at radius 3 is 2.75 bits per heavy atom. The van der Waals surface area contributed by atoms with Gasteiger partial charge in [0.05, 0.1) is 32.8 Å². The maximum Gasteiger partial charge on any atom is 0.302 e. The number of nitrogens with one attached hydrogen (secondary N) is 2. The fourth-order valence-corrected chi connectivity index (χ4v) is 3.93. The molecule has 0 atom stereocenters. The summed E-state index contributed by atoms with van der Waals surface area (Å²) in [5, 5.41) is 8.66. The molecule has 0 unspecified atom stereocenters. The summed E-state index contributed by atoms with van der Waals surface area (Å²) < 4.78 is 10.7. The monoisotopic (exact) mass is 451 g/mol. The second kappa shape index (κ2) is 9.56. The lowest BCUT2D eigenvalue weighted by Crippen LogP contribution is -2.30. The van der Waals surface area contributed by atoms with Gasteiger partial charge in [0.1, 0.15) is 5.69 Å². The van der Waals surface area contributed by atoms with Crippen LogP contribution in [-0.2, 0) is 6.54 Å². The number of carbonyl (C=O) groups is 2. The van der Waals surface area contributed by atoms with E-state index in [0.29, 0.717) is 22.9 Å². The molecule has 0 spiro atoms. The number of benzene rings is 2. The van der Waals surface area contributed by atoms with Crippen LogP contribution in [0, 0.1) is 0 Å². The van der Waals surface area contributed by atoms with E-state index in [1.54, 1.807) is 20.3 Å². The fraction of sp³-hybridized carbons (Fsp3) is 0.182. The minimum Gasteiger partial charge on any atom is -0.493 e. The van der Waals surface area contributed by atoms with Crippen molar-refractivity contribution in [2.75, 3.05) is 25.3 Å². The van der Waals surface area contributed by atoms with E-state index < -0.39 is 0 Å². The molecule has 4 rings (SSSR count). The Morgan fingerprint density at radius 1 is 1.19 bits per heavy atom. The van der Waals surface area contributed by atoms with Gasteiger partial charge in [0.15, 0.2) is 11.5 Å². The first-order valence-corrected chi connectivity index (χ1v) is 10.7. The average molecular weight is 452 g/mol. The number of hydrogen-bond acceptors (Lipinski definition) is 7. The maximum absolute atomic E-state index is 12.6. The first-order valence-electron chi connectivity index (χ1n) is 9.71. The number of aromatic nitrogens is 2. The summed E-state index contributed by atoms with van der Waals surface area (Å²) in [5.41, 5.74) is 3.20. The van der Waals surface area contributed by atoms with E-state index in [1.165, 1.54) is 29.3 Å². The molecule has 2 heterocycles. The van der Waals surface area contributed by atoms with E-state index in [0.717, 1.165) is 16.8 Å². The van der Waals surface area contributed by atoms with Crippen LogP contribution in [0.3, 0.4) is 0 Å². The highest BCUT2D eigenvalue weighted by Crippen LogP contribution is 2.30. The van der Waals surface area contributed by atoms with E-state index in [-0.39, 0.29) is 23.4 Å². The molecule has 2 amide bonds. The number of amides is 2. The quantitative estimate of drug-likeness (QED) is 0.566. The van der Waals surface area contributed by atoms with Crippen LogP contribution >= 0.6 is 11.8 Å². The van der Waals surface area contributed by atoms with E-state index in [1.807, 2.05) is 36.4 Å². The Morgan fingerprint density at radius 2 is 2.00 bits per heavy atom. The predicted molar refractivity (Wildman–Crippen MR) is 122 cm³/mol. The first-order chi connectivity index (χ1) is 15.6. The number of methoxy groups -OCH3 is 2. The number of ether oxygens (including phenoxy) is 2. The second-order valence-electron chi connectivity index (χ2n) is 6.79. The van der Waals surface area contributed by atoms with Crippen LogP contribution in [0.1, 0.15) is 21.6 Å². The van der Waals surface area contributed by atoms with Gasteiger partial charge >= 0.3 is 5.24 Å². The normalized spacial score (nSPS) is 13.5. The van der Waals surface area contributed by atoms with Gasteiger partial charge in [-0.1, -0.05) is 30.0 Å². The molecule has 0 bridgehead atoms. The molecule has 32 heavy (non-hydrogen) atoms. The van der Waals surface area contributed by atoms with Crippen LogP contribution in [-0.4, -0.2) is 51.8 Å². The van der Waals surface area contributed by atoms with Crippen LogP contribution in [0.15, 0.2) is 60.1 Å². The second-order valence-corrected chi connectivity index (χ2v) is 7.72. The molecule has 10 heteroatoms. The third-order valence-corrected chi connectivity index (χ3v) is 5.69. The Balaban J connectivity index is 1.58. The van der Waals surface area contributed by atoms with Crippen molar-refractivity contribution in [1.29, 1.82) is 0 Å². The number of H-pyrrole nitrogens is 1. The van der Waals surface area contributed by atoms with E-state index in [4.69, 9.17) is 9.47 Å². The molecule has 0 saturated carbocycles. The summed E-state index contributed by atoms with van der Waals surface area (Å²) in [6.07, 6.45) is 2.96. The largest absolute Gasteiger partial charge is 0.493 e. The van der Waals surface area contributed by atoms with Crippen LogP contribution < -0.4 is 14.8 Å². The molecule has 2 N–H and O–H groups in total. The molecule has 0 saturated heterocycles. The molecule has 0 aliphatic carbocycles. The molecular formula is C22H21N5O4S. The van der Waals surface area contributed by atoms with Crippen molar-refractivity contribution in [3.63, 3.8) is 0 Å². The Kier molecular flexibility index (Phi) is 6.41. The Hall–Kier alpha value is -3.79. The van der Waals surface area contributed by atoms with Crippen molar-refractivity contribution in [1.82, 2.24) is 15.0 Å². The van der Waals surface area contributed by atoms with Crippen molar-refractivity contribution in [3.05, 3.63) is 71.8 Å². The summed E-state index contributed by atoms with van der Waals surface area (Å²) in [6, 6.07) is 12.8. The Bertz CT molecular complexity index is 1160. The molecule has 1 aliphatic heterocycles. The number of para-hydroxylation sites is 1. The zero-order valence-corrected chi connectivity index (χ0v) is 18.3. The summed E-state index contributed by atoms with van der Waals surface area (Å²) in [5.74, 6) is 1.32. The van der Waals surface area contributed by atoms with E-state index in [2.05, 4.69) is 20.4 Å². The predicted octanol–water partition coefficient (Wildman–Crippen LogP) is 3.75. The summed E-state index contributed by atoms with van der Waals surface area (Å²) >= 11 is 1.17. The van der Waals surface area contributed by atoms with Crippen molar-refractivity contribution in [2.45, 2.75) is 6.54 Å². The summed E-state index contributed by atoms with van der Waals surface area (Å²) in [4.78, 5) is 31.7. The molecule has 2 aromatic carbocycles. The number of aromatic amines is 1. The minimum absolute atomic E-state index is 0.164. The van der Waals surface area contributed by atoms with Crippen molar-refractivity contribution in [2.24, 2.45) is 5.10 Å². The SMILES string of the molecule is COc1ccc(C2=NN(Cc3ccccc3NC(=O)c3c[nH]cn3)C(=O)SC2)cc1OC. The average Bonchev–Trinajstić information content (AvgIpc) is 3.36. The van der Waals surface area contributed by atoms with Gasteiger partial charge in [0.2, 0.25) is 0 Å². The zero-order valence-electron chi connectivity index (χ0n) is 17.5. The number of hydrazone groups is 1. The fourth-order valence-electron chi connectivity index (χ4n) is 3.19. The lowest BCUT2D eigenvalue weighted by molar-refractivity contribution is 0.102.